The van der Waals surface area contributed by atoms with Gasteiger partial charge in [-0.15, -0.1) is 0 Å². The fraction of sp³-hybridized carbons (Fsp3) is 0.147. The van der Waals surface area contributed by atoms with Crippen LogP contribution in [0.4, 0.5) is 0 Å². The predicted molar refractivity (Wildman–Crippen MR) is 146 cm³/mol. The van der Waals surface area contributed by atoms with Gasteiger partial charge in [-0.05, 0) is 37.0 Å². The third kappa shape index (κ3) is 4.31. The summed E-state index contributed by atoms with van der Waals surface area (Å²) in [6.07, 6.45) is 2.93. The molecule has 1 aliphatic rings. The predicted octanol–water partition coefficient (Wildman–Crippen LogP) is 7.96. The van der Waals surface area contributed by atoms with Gasteiger partial charge in [0.15, 0.2) is 11.4 Å². The average Bonchev–Trinajstić information content (AvgIpc) is 3.24. The number of hydrogen-bond acceptors (Lipinski definition) is 2. The lowest BCUT2D eigenvalue weighted by Gasteiger charge is -2.37. The molecule has 0 N–H and O–H groups in total. The van der Waals surface area contributed by atoms with Crippen molar-refractivity contribution in [2.24, 2.45) is 5.92 Å². The van der Waals surface area contributed by atoms with Crippen LogP contribution in [0.2, 0.25) is 0 Å². The normalized spacial score (nSPS) is 16.3. The van der Waals surface area contributed by atoms with Gasteiger partial charge >= 0.3 is 0 Å². The van der Waals surface area contributed by atoms with E-state index in [0.717, 1.165) is 33.4 Å². The molecule has 0 radical (unpaired) electrons. The summed E-state index contributed by atoms with van der Waals surface area (Å²) in [6.45, 7) is 3.58. The maximum absolute atomic E-state index is 13.0. The average molecular weight is 471 g/mol. The van der Waals surface area contributed by atoms with Gasteiger partial charge in [0.05, 0.1) is 0 Å². The fourth-order valence-corrected chi connectivity index (χ4v) is 5.53. The van der Waals surface area contributed by atoms with Crippen molar-refractivity contribution < 1.29 is 9.53 Å². The molecule has 1 aliphatic heterocycles. The monoisotopic (exact) mass is 470 g/mol. The van der Waals surface area contributed by atoms with Crippen molar-refractivity contribution in [3.05, 3.63) is 161 Å². The minimum absolute atomic E-state index is 0.0561. The molecule has 4 aromatic rings. The van der Waals surface area contributed by atoms with E-state index in [-0.39, 0.29) is 11.7 Å². The molecule has 0 bridgehead atoms. The number of allylic oxidation sites excluding steroid dienone is 2. The molecule has 0 saturated heterocycles. The lowest BCUT2D eigenvalue weighted by molar-refractivity contribution is -0.114. The van der Waals surface area contributed by atoms with Crippen molar-refractivity contribution in [1.82, 2.24) is 0 Å². The molecule has 1 unspecified atom stereocenters. The van der Waals surface area contributed by atoms with E-state index in [9.17, 15) is 4.79 Å². The summed E-state index contributed by atoms with van der Waals surface area (Å²) in [7, 11) is 0. The summed E-state index contributed by atoms with van der Waals surface area (Å²) >= 11 is 0. The van der Waals surface area contributed by atoms with Gasteiger partial charge in [-0.3, -0.25) is 4.79 Å². The van der Waals surface area contributed by atoms with Crippen LogP contribution in [-0.2, 0) is 15.1 Å². The molecule has 0 aliphatic carbocycles. The second kappa shape index (κ2) is 10.2. The van der Waals surface area contributed by atoms with E-state index >= 15 is 0 Å². The molecule has 0 saturated carbocycles. The minimum atomic E-state index is -0.789. The number of Topliss-reactive ketones (excluding diaryl/α,β-unsaturated/α-hetero) is 1. The van der Waals surface area contributed by atoms with Gasteiger partial charge < -0.3 is 4.74 Å². The van der Waals surface area contributed by atoms with Gasteiger partial charge in [-0.2, -0.15) is 0 Å². The Kier molecular flexibility index (Phi) is 6.69. The highest BCUT2D eigenvalue weighted by atomic mass is 16.5. The van der Waals surface area contributed by atoms with Crippen LogP contribution in [0.5, 0.6) is 0 Å². The van der Waals surface area contributed by atoms with Crippen molar-refractivity contribution in [2.75, 3.05) is 0 Å². The maximum Gasteiger partial charge on any atom is 0.166 e. The third-order valence-corrected chi connectivity index (χ3v) is 7.04. The number of benzene rings is 4. The van der Waals surface area contributed by atoms with Crippen LogP contribution in [0.25, 0.3) is 5.57 Å². The van der Waals surface area contributed by atoms with E-state index in [4.69, 9.17) is 4.74 Å². The van der Waals surface area contributed by atoms with Crippen LogP contribution in [0, 0.1) is 5.92 Å². The van der Waals surface area contributed by atoms with Gasteiger partial charge in [0.2, 0.25) is 0 Å². The van der Waals surface area contributed by atoms with Crippen LogP contribution in [0.3, 0.4) is 0 Å². The van der Waals surface area contributed by atoms with Crippen molar-refractivity contribution in [2.45, 2.75) is 25.9 Å². The number of carbonyl (C=O) groups excluding carboxylic acids is 1. The quantitative estimate of drug-likeness (QED) is 0.274. The Balaban J connectivity index is 1.70. The second-order valence-electron chi connectivity index (χ2n) is 9.23. The molecule has 1 atom stereocenters. The van der Waals surface area contributed by atoms with Gasteiger partial charge in [0, 0.05) is 22.6 Å². The van der Waals surface area contributed by atoms with Crippen molar-refractivity contribution >= 4 is 11.4 Å². The van der Waals surface area contributed by atoms with Crippen molar-refractivity contribution in [3.63, 3.8) is 0 Å². The van der Waals surface area contributed by atoms with Gasteiger partial charge in [-0.1, -0.05) is 127 Å². The van der Waals surface area contributed by atoms with E-state index in [1.54, 1.807) is 6.92 Å². The van der Waals surface area contributed by atoms with E-state index in [1.165, 1.54) is 0 Å². The molecule has 2 heteroatoms. The summed E-state index contributed by atoms with van der Waals surface area (Å²) in [4.78, 5) is 13.0. The molecule has 5 rings (SSSR count). The first kappa shape index (κ1) is 23.6. The zero-order valence-electron chi connectivity index (χ0n) is 20.7. The molecule has 0 aromatic heterocycles. The Morgan fingerprint density at radius 1 is 0.722 bits per heavy atom. The summed E-state index contributed by atoms with van der Waals surface area (Å²) in [5.41, 5.74) is 5.52. The smallest absolute Gasteiger partial charge is 0.166 e. The maximum atomic E-state index is 13.0. The zero-order chi connectivity index (χ0) is 25.0. The fourth-order valence-electron chi connectivity index (χ4n) is 5.53. The van der Waals surface area contributed by atoms with E-state index < -0.39 is 5.60 Å². The lowest BCUT2D eigenvalue weighted by atomic mass is 9.71. The number of ketones is 1. The van der Waals surface area contributed by atoms with E-state index in [0.29, 0.717) is 12.2 Å². The SMILES string of the molecule is CC(=O)C1=C(C)OC(c2ccccc2)(c2ccccc2)C1CC=C(c1ccccc1)c1ccccc1. The Bertz CT molecular complexity index is 1300. The van der Waals surface area contributed by atoms with Crippen LogP contribution >= 0.6 is 0 Å². The first-order valence-electron chi connectivity index (χ1n) is 12.4. The molecule has 0 fully saturated rings. The number of carbonyl (C=O) groups is 1. The van der Waals surface area contributed by atoms with Gasteiger partial charge in [0.1, 0.15) is 5.76 Å². The molecule has 178 valence electrons. The summed E-state index contributed by atoms with van der Waals surface area (Å²) < 4.78 is 6.78. The Morgan fingerprint density at radius 3 is 1.56 bits per heavy atom. The topological polar surface area (TPSA) is 26.3 Å². The molecule has 0 spiro atoms. The number of hydrogen-bond donors (Lipinski definition) is 0. The van der Waals surface area contributed by atoms with Crippen molar-refractivity contribution in [3.8, 4) is 0 Å². The number of rotatable bonds is 7. The summed E-state index contributed by atoms with van der Waals surface area (Å²) in [5.74, 6) is 0.581. The first-order valence-corrected chi connectivity index (χ1v) is 12.4. The highest BCUT2D eigenvalue weighted by molar-refractivity contribution is 5.95. The highest BCUT2D eigenvalue weighted by Crippen LogP contribution is 2.53. The van der Waals surface area contributed by atoms with E-state index in [2.05, 4.69) is 78.9 Å². The van der Waals surface area contributed by atoms with Gasteiger partial charge in [-0.25, -0.2) is 0 Å². The zero-order valence-corrected chi connectivity index (χ0v) is 20.7. The Morgan fingerprint density at radius 2 is 1.14 bits per heavy atom. The van der Waals surface area contributed by atoms with Crippen LogP contribution < -0.4 is 0 Å². The minimum Gasteiger partial charge on any atom is -0.481 e. The molecular weight excluding hydrogens is 440 g/mol. The van der Waals surface area contributed by atoms with Crippen LogP contribution in [-0.4, -0.2) is 5.78 Å². The van der Waals surface area contributed by atoms with Gasteiger partial charge in [0.25, 0.3) is 0 Å². The molecule has 1 heterocycles. The molecule has 2 nitrogen and oxygen atoms in total. The second-order valence-corrected chi connectivity index (χ2v) is 9.23. The standard InChI is InChI=1S/C34H30O2/c1-25(35)33-26(2)36-34(29-19-11-5-12-20-29,30-21-13-6-14-22-30)32(33)24-23-31(27-15-7-3-8-16-27)28-17-9-4-10-18-28/h3-23,32H,24H2,1-2H3. The summed E-state index contributed by atoms with van der Waals surface area (Å²) in [5, 5.41) is 0. The third-order valence-electron chi connectivity index (χ3n) is 7.04. The Hall–Kier alpha value is -4.17. The number of ether oxygens (including phenoxy) is 1. The molecular formula is C34H30O2. The van der Waals surface area contributed by atoms with Crippen LogP contribution in [0.1, 0.15) is 42.5 Å². The van der Waals surface area contributed by atoms with Crippen LogP contribution in [0.15, 0.2) is 139 Å². The lowest BCUT2D eigenvalue weighted by Crippen LogP contribution is -2.36. The van der Waals surface area contributed by atoms with E-state index in [1.807, 2.05) is 55.5 Å². The van der Waals surface area contributed by atoms with Crippen molar-refractivity contribution in [1.29, 1.82) is 0 Å². The summed E-state index contributed by atoms with van der Waals surface area (Å²) in [6, 6.07) is 41.5. The molecule has 0 amide bonds. The molecule has 36 heavy (non-hydrogen) atoms. The largest absolute Gasteiger partial charge is 0.481 e. The molecule has 4 aromatic carbocycles. The first-order chi connectivity index (χ1) is 17.6. The highest BCUT2D eigenvalue weighted by Gasteiger charge is 2.52. The Labute approximate surface area is 213 Å².